The van der Waals surface area contributed by atoms with Crippen LogP contribution in [0, 0.1) is 17.2 Å². The Labute approximate surface area is 126 Å². The van der Waals surface area contributed by atoms with Crippen LogP contribution in [0.15, 0.2) is 24.3 Å². The van der Waals surface area contributed by atoms with Gasteiger partial charge >= 0.3 is 0 Å². The highest BCUT2D eigenvalue weighted by Gasteiger charge is 2.27. The first kappa shape index (κ1) is 16.0. The molecule has 1 aromatic rings. The van der Waals surface area contributed by atoms with E-state index in [1.54, 1.807) is 24.3 Å². The third kappa shape index (κ3) is 4.53. The molecular formula is C15H21N3O2S. The average molecular weight is 307 g/mol. The van der Waals surface area contributed by atoms with E-state index in [-0.39, 0.29) is 11.8 Å². The lowest BCUT2D eigenvalue weighted by atomic mass is 9.99. The Hall–Kier alpha value is -1.42. The minimum atomic E-state index is -3.42. The van der Waals surface area contributed by atoms with Crippen molar-refractivity contribution in [3.05, 3.63) is 35.4 Å². The summed E-state index contributed by atoms with van der Waals surface area (Å²) in [6, 6.07) is 8.44. The third-order valence-electron chi connectivity index (χ3n) is 3.99. The highest BCUT2D eigenvalue weighted by atomic mass is 32.2. The van der Waals surface area contributed by atoms with Gasteiger partial charge in [-0.25, -0.2) is 13.1 Å². The van der Waals surface area contributed by atoms with Crippen LogP contribution in [0.25, 0.3) is 0 Å². The zero-order chi connectivity index (χ0) is 15.3. The van der Waals surface area contributed by atoms with Crippen molar-refractivity contribution in [2.75, 3.05) is 6.54 Å². The van der Waals surface area contributed by atoms with Crippen molar-refractivity contribution in [3.8, 4) is 6.07 Å². The van der Waals surface area contributed by atoms with Crippen molar-refractivity contribution >= 4 is 10.0 Å². The quantitative estimate of drug-likeness (QED) is 0.832. The van der Waals surface area contributed by atoms with Crippen molar-refractivity contribution in [1.82, 2.24) is 4.72 Å². The van der Waals surface area contributed by atoms with Crippen LogP contribution in [0.3, 0.4) is 0 Å². The summed E-state index contributed by atoms with van der Waals surface area (Å²) in [5.41, 5.74) is 6.92. The molecule has 1 aliphatic carbocycles. The summed E-state index contributed by atoms with van der Waals surface area (Å²) >= 11 is 0. The molecule has 0 spiro atoms. The molecule has 3 N–H and O–H groups in total. The topological polar surface area (TPSA) is 96.0 Å². The summed E-state index contributed by atoms with van der Waals surface area (Å²) in [7, 11) is -3.42. The second-order valence-corrected chi connectivity index (χ2v) is 7.33. The minimum absolute atomic E-state index is 0.0814. The van der Waals surface area contributed by atoms with Gasteiger partial charge in [0, 0.05) is 12.6 Å². The van der Waals surface area contributed by atoms with E-state index in [2.05, 4.69) is 4.72 Å². The summed E-state index contributed by atoms with van der Waals surface area (Å²) in [4.78, 5) is 0. The lowest BCUT2D eigenvalue weighted by molar-refractivity contribution is 0.405. The lowest BCUT2D eigenvalue weighted by Gasteiger charge is -2.23. The molecule has 1 atom stereocenters. The first-order valence-electron chi connectivity index (χ1n) is 7.23. The average Bonchev–Trinajstić information content (AvgIpc) is 2.99. The number of nitrogens with zero attached hydrogens (tertiary/aromatic N) is 1. The standard InChI is InChI=1S/C15H21N3O2S/c16-9-12-5-7-13(8-6-12)11-21(19,20)18-15(10-17)14-3-1-2-4-14/h5-8,14-15,18H,1-4,10-11,17H2. The fourth-order valence-corrected chi connectivity index (χ4v) is 4.33. The molecule has 0 bridgehead atoms. The number of sulfonamides is 1. The second kappa shape index (κ2) is 7.03. The van der Waals surface area contributed by atoms with Crippen LogP contribution in [0.2, 0.25) is 0 Å². The molecule has 1 aliphatic rings. The predicted octanol–water partition coefficient (Wildman–Crippen LogP) is 1.50. The Morgan fingerprint density at radius 1 is 1.29 bits per heavy atom. The smallest absolute Gasteiger partial charge is 0.216 e. The highest BCUT2D eigenvalue weighted by Crippen LogP contribution is 2.27. The monoisotopic (exact) mass is 307 g/mol. The van der Waals surface area contributed by atoms with Crippen LogP contribution >= 0.6 is 0 Å². The van der Waals surface area contributed by atoms with Crippen LogP contribution < -0.4 is 10.5 Å². The number of hydrogen-bond acceptors (Lipinski definition) is 4. The van der Waals surface area contributed by atoms with E-state index in [1.165, 1.54) is 0 Å². The first-order valence-corrected chi connectivity index (χ1v) is 8.88. The van der Waals surface area contributed by atoms with E-state index in [9.17, 15) is 8.42 Å². The van der Waals surface area contributed by atoms with Gasteiger partial charge in [-0.1, -0.05) is 25.0 Å². The lowest BCUT2D eigenvalue weighted by Crippen LogP contribution is -2.44. The third-order valence-corrected chi connectivity index (χ3v) is 5.37. The summed E-state index contributed by atoms with van der Waals surface area (Å²) in [5, 5.41) is 8.74. The molecule has 0 saturated heterocycles. The molecule has 5 nitrogen and oxygen atoms in total. The normalized spacial score (nSPS) is 17.5. The first-order chi connectivity index (χ1) is 10.0. The van der Waals surface area contributed by atoms with Crippen molar-refractivity contribution < 1.29 is 8.42 Å². The Morgan fingerprint density at radius 3 is 2.43 bits per heavy atom. The molecule has 21 heavy (non-hydrogen) atoms. The molecule has 2 rings (SSSR count). The largest absolute Gasteiger partial charge is 0.329 e. The van der Waals surface area contributed by atoms with E-state index < -0.39 is 10.0 Å². The number of nitriles is 1. The molecule has 0 aromatic heterocycles. The second-order valence-electron chi connectivity index (χ2n) is 5.57. The van der Waals surface area contributed by atoms with Crippen molar-refractivity contribution in [2.24, 2.45) is 11.7 Å². The summed E-state index contributed by atoms with van der Waals surface area (Å²) in [6.07, 6.45) is 4.39. The molecule has 0 radical (unpaired) electrons. The summed E-state index contributed by atoms with van der Waals surface area (Å²) < 4.78 is 27.2. The van der Waals surface area contributed by atoms with Crippen LogP contribution in [0.4, 0.5) is 0 Å². The summed E-state index contributed by atoms with van der Waals surface area (Å²) in [5.74, 6) is 0.271. The Bertz CT molecular complexity index is 599. The van der Waals surface area contributed by atoms with Crippen molar-refractivity contribution in [3.63, 3.8) is 0 Å². The zero-order valence-electron chi connectivity index (χ0n) is 12.0. The van der Waals surface area contributed by atoms with E-state index >= 15 is 0 Å². The molecule has 1 fully saturated rings. The van der Waals surface area contributed by atoms with Crippen LogP contribution in [-0.4, -0.2) is 21.0 Å². The van der Waals surface area contributed by atoms with E-state index in [0.717, 1.165) is 25.7 Å². The van der Waals surface area contributed by atoms with Crippen molar-refractivity contribution in [1.29, 1.82) is 5.26 Å². The molecule has 1 saturated carbocycles. The van der Waals surface area contributed by atoms with E-state index in [4.69, 9.17) is 11.0 Å². The van der Waals surface area contributed by atoms with Gasteiger partial charge in [0.05, 0.1) is 17.4 Å². The molecular weight excluding hydrogens is 286 g/mol. The molecule has 0 heterocycles. The molecule has 6 heteroatoms. The van der Waals surface area contributed by atoms with Gasteiger partial charge in [0.2, 0.25) is 10.0 Å². The maximum absolute atomic E-state index is 12.2. The van der Waals surface area contributed by atoms with Gasteiger partial charge in [0.1, 0.15) is 0 Å². The number of benzene rings is 1. The van der Waals surface area contributed by atoms with Gasteiger partial charge in [-0.05, 0) is 36.5 Å². The number of nitrogens with two attached hydrogens (primary N) is 1. The van der Waals surface area contributed by atoms with E-state index in [1.807, 2.05) is 6.07 Å². The maximum Gasteiger partial charge on any atom is 0.216 e. The number of rotatable bonds is 6. The SMILES string of the molecule is N#Cc1ccc(CS(=O)(=O)NC(CN)C2CCCC2)cc1. The molecule has 0 amide bonds. The minimum Gasteiger partial charge on any atom is -0.329 e. The van der Waals surface area contributed by atoms with Crippen LogP contribution in [0.5, 0.6) is 0 Å². The van der Waals surface area contributed by atoms with E-state index in [0.29, 0.717) is 23.6 Å². The Morgan fingerprint density at radius 2 is 1.90 bits per heavy atom. The molecule has 114 valence electrons. The van der Waals surface area contributed by atoms with Crippen LogP contribution in [0.1, 0.15) is 36.8 Å². The fraction of sp³-hybridized carbons (Fsp3) is 0.533. The number of hydrogen-bond donors (Lipinski definition) is 2. The highest BCUT2D eigenvalue weighted by molar-refractivity contribution is 7.88. The fourth-order valence-electron chi connectivity index (χ4n) is 2.86. The Balaban J connectivity index is 2.01. The molecule has 0 aliphatic heterocycles. The van der Waals surface area contributed by atoms with Gasteiger partial charge in [-0.3, -0.25) is 0 Å². The van der Waals surface area contributed by atoms with Gasteiger partial charge in [-0.15, -0.1) is 0 Å². The van der Waals surface area contributed by atoms with Crippen molar-refractivity contribution in [2.45, 2.75) is 37.5 Å². The molecule has 1 aromatic carbocycles. The summed E-state index contributed by atoms with van der Waals surface area (Å²) in [6.45, 7) is 0.331. The van der Waals surface area contributed by atoms with Crippen LogP contribution in [-0.2, 0) is 15.8 Å². The van der Waals surface area contributed by atoms with Gasteiger partial charge in [0.15, 0.2) is 0 Å². The zero-order valence-corrected chi connectivity index (χ0v) is 12.8. The predicted molar refractivity (Wildman–Crippen MR) is 81.7 cm³/mol. The molecule has 1 unspecified atom stereocenters. The Kier molecular flexibility index (Phi) is 5.34. The maximum atomic E-state index is 12.2. The van der Waals surface area contributed by atoms with Gasteiger partial charge in [0.25, 0.3) is 0 Å². The number of nitrogens with one attached hydrogen (secondary N) is 1. The van der Waals surface area contributed by atoms with Gasteiger partial charge < -0.3 is 5.73 Å². The van der Waals surface area contributed by atoms with Gasteiger partial charge in [-0.2, -0.15) is 5.26 Å².